The molecule has 0 spiro atoms. The Hall–Kier alpha value is -1.38. The largest absolute Gasteiger partial charge is 0.490 e. The first-order valence-electron chi connectivity index (χ1n) is 7.03. The van der Waals surface area contributed by atoms with Crippen molar-refractivity contribution < 1.29 is 13.5 Å². The van der Waals surface area contributed by atoms with Crippen LogP contribution < -0.4 is 4.74 Å². The van der Waals surface area contributed by atoms with Gasteiger partial charge in [0.2, 0.25) is 5.82 Å². The van der Waals surface area contributed by atoms with Gasteiger partial charge in [0.25, 0.3) is 0 Å². The van der Waals surface area contributed by atoms with Crippen LogP contribution in [0.25, 0.3) is 0 Å². The summed E-state index contributed by atoms with van der Waals surface area (Å²) in [6.45, 7) is 12.3. The van der Waals surface area contributed by atoms with Crippen LogP contribution in [0.4, 0.5) is 8.78 Å². The number of ether oxygens (including phenoxy) is 1. The van der Waals surface area contributed by atoms with Gasteiger partial charge in [-0.25, -0.2) is 4.39 Å². The number of benzene rings is 1. The fraction of sp³-hybridized carbons (Fsp3) is 0.529. The van der Waals surface area contributed by atoms with Gasteiger partial charge in [0.1, 0.15) is 0 Å². The second-order valence-electron chi connectivity index (χ2n) is 6.11. The fourth-order valence-electron chi connectivity index (χ4n) is 2.03. The first kappa shape index (κ1) is 16.7. The molecule has 0 radical (unpaired) electrons. The van der Waals surface area contributed by atoms with Crippen molar-refractivity contribution in [3.63, 3.8) is 0 Å². The first-order chi connectivity index (χ1) is 9.31. The van der Waals surface area contributed by atoms with Crippen LogP contribution in [-0.4, -0.2) is 6.61 Å². The molecule has 1 aromatic carbocycles. The zero-order valence-corrected chi connectivity index (χ0v) is 12.8. The minimum atomic E-state index is -0.896. The van der Waals surface area contributed by atoms with Crippen LogP contribution in [0, 0.1) is 23.0 Å². The van der Waals surface area contributed by atoms with Crippen molar-refractivity contribution in [2.45, 2.75) is 40.5 Å². The zero-order valence-electron chi connectivity index (χ0n) is 12.8. The van der Waals surface area contributed by atoms with Gasteiger partial charge in [-0.1, -0.05) is 39.8 Å². The maximum atomic E-state index is 14.1. The lowest BCUT2D eigenvalue weighted by Crippen LogP contribution is -2.21. The van der Waals surface area contributed by atoms with Gasteiger partial charge in [-0.2, -0.15) is 4.39 Å². The summed E-state index contributed by atoms with van der Waals surface area (Å²) in [7, 11) is 0. The Morgan fingerprint density at radius 2 is 1.90 bits per heavy atom. The van der Waals surface area contributed by atoms with Crippen molar-refractivity contribution in [1.29, 1.82) is 0 Å². The topological polar surface area (TPSA) is 9.23 Å². The number of allylic oxidation sites excluding steroid dienone is 1. The maximum Gasteiger partial charge on any atom is 0.200 e. The molecule has 0 N–H and O–H groups in total. The molecule has 0 saturated carbocycles. The molecule has 112 valence electrons. The molecule has 0 fully saturated rings. The van der Waals surface area contributed by atoms with E-state index < -0.39 is 11.6 Å². The molecule has 0 aliphatic rings. The predicted octanol–water partition coefficient (Wildman–Crippen LogP) is 5.14. The highest BCUT2D eigenvalue weighted by Gasteiger charge is 2.24. The van der Waals surface area contributed by atoms with Crippen LogP contribution >= 0.6 is 0 Å². The van der Waals surface area contributed by atoms with Gasteiger partial charge in [-0.05, 0) is 35.8 Å². The van der Waals surface area contributed by atoms with E-state index in [4.69, 9.17) is 4.74 Å². The van der Waals surface area contributed by atoms with Crippen molar-refractivity contribution in [2.24, 2.45) is 11.3 Å². The summed E-state index contributed by atoms with van der Waals surface area (Å²) in [5, 5.41) is 0. The van der Waals surface area contributed by atoms with Crippen molar-refractivity contribution in [3.05, 3.63) is 42.0 Å². The standard InChI is InChI=1S/C17H24F2O/c1-6-10-20-14-9-8-12(15(18)16(14)19)11-13(7-2)17(3,4)5/h7-9,13H,2,6,10-11H2,1,3-5H3. The minimum absolute atomic E-state index is 0.0148. The molecule has 0 amide bonds. The average Bonchev–Trinajstić information content (AvgIpc) is 2.38. The van der Waals surface area contributed by atoms with Crippen LogP contribution in [0.5, 0.6) is 5.75 Å². The molecular formula is C17H24F2O. The van der Waals surface area contributed by atoms with Crippen LogP contribution in [0.2, 0.25) is 0 Å². The summed E-state index contributed by atoms with van der Waals surface area (Å²) in [4.78, 5) is 0. The first-order valence-corrected chi connectivity index (χ1v) is 7.03. The van der Waals surface area contributed by atoms with Gasteiger partial charge in [0.05, 0.1) is 6.61 Å². The summed E-state index contributed by atoms with van der Waals surface area (Å²) in [5.41, 5.74) is 0.327. The molecule has 3 heteroatoms. The van der Waals surface area contributed by atoms with Gasteiger partial charge in [0, 0.05) is 0 Å². The van der Waals surface area contributed by atoms with Crippen LogP contribution in [-0.2, 0) is 6.42 Å². The van der Waals surface area contributed by atoms with Gasteiger partial charge in [-0.15, -0.1) is 6.58 Å². The van der Waals surface area contributed by atoms with Gasteiger partial charge < -0.3 is 4.74 Å². The van der Waals surface area contributed by atoms with Crippen molar-refractivity contribution in [2.75, 3.05) is 6.61 Å². The third-order valence-electron chi connectivity index (χ3n) is 3.43. The van der Waals surface area contributed by atoms with Crippen molar-refractivity contribution in [1.82, 2.24) is 0 Å². The second kappa shape index (κ2) is 6.87. The van der Waals surface area contributed by atoms with Crippen LogP contribution in [0.15, 0.2) is 24.8 Å². The molecule has 1 unspecified atom stereocenters. The Balaban J connectivity index is 2.98. The monoisotopic (exact) mass is 282 g/mol. The summed E-state index contributed by atoms with van der Waals surface area (Å²) >= 11 is 0. The number of halogens is 2. The summed E-state index contributed by atoms with van der Waals surface area (Å²) < 4.78 is 33.2. The Morgan fingerprint density at radius 1 is 1.25 bits per heavy atom. The summed E-state index contributed by atoms with van der Waals surface area (Å²) in [6, 6.07) is 3.11. The molecular weight excluding hydrogens is 258 g/mol. The Kier molecular flexibility index (Phi) is 5.73. The lowest BCUT2D eigenvalue weighted by molar-refractivity contribution is 0.283. The zero-order chi connectivity index (χ0) is 15.3. The molecule has 0 aliphatic carbocycles. The molecule has 0 heterocycles. The highest BCUT2D eigenvalue weighted by molar-refractivity contribution is 5.31. The fourth-order valence-corrected chi connectivity index (χ4v) is 2.03. The molecule has 0 bridgehead atoms. The quantitative estimate of drug-likeness (QED) is 0.656. The van der Waals surface area contributed by atoms with Gasteiger partial charge >= 0.3 is 0 Å². The second-order valence-corrected chi connectivity index (χ2v) is 6.11. The lowest BCUT2D eigenvalue weighted by atomic mass is 9.77. The van der Waals surface area contributed by atoms with Crippen LogP contribution in [0.3, 0.4) is 0 Å². The van der Waals surface area contributed by atoms with E-state index in [0.29, 0.717) is 18.6 Å². The van der Waals surface area contributed by atoms with Gasteiger partial charge in [-0.3, -0.25) is 0 Å². The van der Waals surface area contributed by atoms with E-state index in [2.05, 4.69) is 27.4 Å². The smallest absolute Gasteiger partial charge is 0.200 e. The maximum absolute atomic E-state index is 14.1. The Bertz CT molecular complexity index is 461. The number of rotatable bonds is 6. The predicted molar refractivity (Wildman–Crippen MR) is 79.0 cm³/mol. The molecule has 1 atom stereocenters. The van der Waals surface area contributed by atoms with E-state index >= 15 is 0 Å². The summed E-state index contributed by atoms with van der Waals surface area (Å²) in [5.74, 6) is -1.64. The van der Waals surface area contributed by atoms with E-state index in [-0.39, 0.29) is 17.1 Å². The van der Waals surface area contributed by atoms with Crippen molar-refractivity contribution in [3.8, 4) is 5.75 Å². The molecule has 0 saturated heterocycles. The minimum Gasteiger partial charge on any atom is -0.490 e. The highest BCUT2D eigenvalue weighted by atomic mass is 19.2. The number of hydrogen-bond donors (Lipinski definition) is 0. The van der Waals surface area contributed by atoms with Crippen LogP contribution in [0.1, 0.15) is 39.7 Å². The third-order valence-corrected chi connectivity index (χ3v) is 3.43. The lowest BCUT2D eigenvalue weighted by Gasteiger charge is -2.28. The highest BCUT2D eigenvalue weighted by Crippen LogP contribution is 2.32. The normalized spacial score (nSPS) is 13.1. The Morgan fingerprint density at radius 3 is 2.40 bits per heavy atom. The molecule has 1 nitrogen and oxygen atoms in total. The van der Waals surface area contributed by atoms with E-state index in [9.17, 15) is 8.78 Å². The molecule has 1 rings (SSSR count). The van der Waals surface area contributed by atoms with E-state index in [1.165, 1.54) is 6.07 Å². The third kappa shape index (κ3) is 4.06. The van der Waals surface area contributed by atoms with E-state index in [0.717, 1.165) is 6.42 Å². The van der Waals surface area contributed by atoms with Crippen molar-refractivity contribution >= 4 is 0 Å². The summed E-state index contributed by atoms with van der Waals surface area (Å²) in [6.07, 6.45) is 2.99. The molecule has 20 heavy (non-hydrogen) atoms. The van der Waals surface area contributed by atoms with Gasteiger partial charge in [0.15, 0.2) is 11.6 Å². The van der Waals surface area contributed by atoms with E-state index in [1.807, 2.05) is 6.92 Å². The molecule has 0 aliphatic heterocycles. The van der Waals surface area contributed by atoms with E-state index in [1.54, 1.807) is 12.1 Å². The Labute approximate surface area is 120 Å². The number of hydrogen-bond acceptors (Lipinski definition) is 1. The average molecular weight is 282 g/mol. The molecule has 0 aromatic heterocycles. The molecule has 1 aromatic rings. The SMILES string of the molecule is C=CC(Cc1ccc(OCCC)c(F)c1F)C(C)(C)C.